The Morgan fingerprint density at radius 3 is 2.08 bits per heavy atom. The molecule has 0 radical (unpaired) electrons. The van der Waals surface area contributed by atoms with Crippen molar-refractivity contribution < 1.29 is 4.42 Å². The Hall–Kier alpha value is -8.19. The molecule has 6 heteroatoms. The van der Waals surface area contributed by atoms with E-state index in [-0.39, 0.29) is 0 Å². The van der Waals surface area contributed by atoms with Crippen LogP contribution in [0.1, 0.15) is 12.5 Å². The lowest BCUT2D eigenvalue weighted by atomic mass is 9.76. The second-order valence-electron chi connectivity index (χ2n) is 17.2. The number of nitrogens with one attached hydrogen (secondary N) is 1. The van der Waals surface area contributed by atoms with Crippen LogP contribution in [0.15, 0.2) is 216 Å². The van der Waals surface area contributed by atoms with E-state index in [4.69, 9.17) is 19.4 Å². The largest absolute Gasteiger partial charge is 0.454 e. The minimum absolute atomic E-state index is 0.318. The van der Waals surface area contributed by atoms with Gasteiger partial charge in [0, 0.05) is 70.7 Å². The van der Waals surface area contributed by atoms with Crippen LogP contribution in [0, 0.1) is 11.8 Å². The maximum absolute atomic E-state index is 6.88. The molecule has 66 heavy (non-hydrogen) atoms. The number of nitrogens with zero attached hydrogens (tertiary/aromatic N) is 3. The highest BCUT2D eigenvalue weighted by Gasteiger charge is 2.26. The van der Waals surface area contributed by atoms with Crippen LogP contribution < -0.4 is 5.32 Å². The molecule has 13 rings (SSSR count). The van der Waals surface area contributed by atoms with Gasteiger partial charge in [0.15, 0.2) is 23.1 Å². The number of allylic oxidation sites excluding steroid dienone is 8. The molecule has 0 aliphatic heterocycles. The van der Waals surface area contributed by atoms with E-state index >= 15 is 0 Å². The Kier molecular flexibility index (Phi) is 9.00. The summed E-state index contributed by atoms with van der Waals surface area (Å²) in [5.74, 6) is 2.46. The molecule has 11 aromatic rings. The molecule has 3 heterocycles. The van der Waals surface area contributed by atoms with Gasteiger partial charge in [-0.05, 0) is 95.1 Å². The molecule has 8 aromatic carbocycles. The molecule has 0 spiro atoms. The molecule has 2 atom stereocenters. The predicted octanol–water partition coefficient (Wildman–Crippen LogP) is 16.4. The average molecular weight is 865 g/mol. The van der Waals surface area contributed by atoms with Crippen molar-refractivity contribution in [1.82, 2.24) is 15.0 Å². The molecule has 3 aromatic heterocycles. The third-order valence-electron chi connectivity index (χ3n) is 13.3. The van der Waals surface area contributed by atoms with E-state index in [1.165, 1.54) is 36.7 Å². The van der Waals surface area contributed by atoms with Crippen molar-refractivity contribution in [2.45, 2.75) is 6.92 Å². The summed E-state index contributed by atoms with van der Waals surface area (Å²) in [4.78, 5) is 15.9. The van der Waals surface area contributed by atoms with Crippen LogP contribution in [-0.2, 0) is 0 Å². The number of fused-ring (bicyclic) bond motifs is 8. The number of benzene rings is 8. The number of hydrogen-bond acceptors (Lipinski definition) is 6. The Labute approximate surface area is 385 Å². The number of aromatic nitrogens is 3. The SMILES string of the molecule is CC1=C(c2cc3ccccc3cc2Nc2ccc(-c3nc(-c4cccc(-c5ccccc5)c4)nc(-c4ccc5sc6ccccc6c5c4)n3)c3c2oc2ccccc23)C=CC2C=CC=CC12. The van der Waals surface area contributed by atoms with Gasteiger partial charge in [0.1, 0.15) is 5.58 Å². The summed E-state index contributed by atoms with van der Waals surface area (Å²) in [6.07, 6.45) is 13.6. The Balaban J connectivity index is 1.00. The Bertz CT molecular complexity index is 3890. The van der Waals surface area contributed by atoms with Crippen molar-refractivity contribution in [1.29, 1.82) is 0 Å². The Morgan fingerprint density at radius 2 is 1.20 bits per heavy atom. The molecule has 5 nitrogen and oxygen atoms in total. The molecule has 0 bridgehead atoms. The van der Waals surface area contributed by atoms with Crippen LogP contribution in [0.3, 0.4) is 0 Å². The van der Waals surface area contributed by atoms with Gasteiger partial charge in [-0.1, -0.05) is 151 Å². The van der Waals surface area contributed by atoms with E-state index in [0.29, 0.717) is 29.3 Å². The van der Waals surface area contributed by atoms with Crippen LogP contribution in [-0.4, -0.2) is 15.0 Å². The third kappa shape index (κ3) is 6.48. The number of anilines is 2. The van der Waals surface area contributed by atoms with Crippen LogP contribution >= 0.6 is 11.3 Å². The fraction of sp³-hybridized carbons (Fsp3) is 0.0500. The monoisotopic (exact) mass is 864 g/mol. The van der Waals surface area contributed by atoms with Gasteiger partial charge in [0.2, 0.25) is 0 Å². The normalized spacial score (nSPS) is 15.7. The average Bonchev–Trinajstić information content (AvgIpc) is 3.96. The van der Waals surface area contributed by atoms with Gasteiger partial charge in [-0.15, -0.1) is 11.3 Å². The van der Waals surface area contributed by atoms with Gasteiger partial charge >= 0.3 is 0 Å². The van der Waals surface area contributed by atoms with Crippen LogP contribution in [0.5, 0.6) is 0 Å². The minimum atomic E-state index is 0.318. The van der Waals surface area contributed by atoms with Gasteiger partial charge in [0.25, 0.3) is 0 Å². The van der Waals surface area contributed by atoms with E-state index in [2.05, 4.69) is 200 Å². The standard InChI is InChI=1S/C60H40N4OS/c1-36-44-21-8-7-16-38(44)26-28-45(36)49-33-40-17-5-6-18-41(40)35-52(49)61-51-30-29-48(56-47-23-9-11-24-53(47)65-57(51)56)60-63-58(42-20-13-19-39(32-42)37-14-3-2-4-15-37)62-59(64-60)43-27-31-55-50(34-43)46-22-10-12-25-54(46)66-55/h2-35,38,44,61H,1H3. The van der Waals surface area contributed by atoms with E-state index < -0.39 is 0 Å². The Morgan fingerprint density at radius 1 is 0.500 bits per heavy atom. The van der Waals surface area contributed by atoms with Crippen LogP contribution in [0.2, 0.25) is 0 Å². The molecule has 2 aliphatic carbocycles. The zero-order chi connectivity index (χ0) is 43.7. The predicted molar refractivity (Wildman–Crippen MR) is 276 cm³/mol. The second-order valence-corrected chi connectivity index (χ2v) is 18.3. The summed E-state index contributed by atoms with van der Waals surface area (Å²) in [6, 6.07) is 59.7. The lowest BCUT2D eigenvalue weighted by Crippen LogP contribution is -2.16. The molecule has 1 N–H and O–H groups in total. The fourth-order valence-corrected chi connectivity index (χ4v) is 11.1. The molecule has 2 unspecified atom stereocenters. The van der Waals surface area contributed by atoms with Gasteiger partial charge in [-0.2, -0.15) is 0 Å². The van der Waals surface area contributed by atoms with Crippen molar-refractivity contribution in [2.24, 2.45) is 11.8 Å². The number of rotatable bonds is 7. The molecule has 0 fully saturated rings. The molecule has 312 valence electrons. The summed E-state index contributed by atoms with van der Waals surface area (Å²) < 4.78 is 9.37. The summed E-state index contributed by atoms with van der Waals surface area (Å²) >= 11 is 1.80. The van der Waals surface area contributed by atoms with Gasteiger partial charge < -0.3 is 9.73 Å². The van der Waals surface area contributed by atoms with Gasteiger partial charge in [-0.25, -0.2) is 15.0 Å². The highest BCUT2D eigenvalue weighted by molar-refractivity contribution is 7.25. The highest BCUT2D eigenvalue weighted by atomic mass is 32.1. The molecule has 0 saturated carbocycles. The molecule has 0 amide bonds. The maximum atomic E-state index is 6.88. The van der Waals surface area contributed by atoms with Gasteiger partial charge in [0.05, 0.1) is 5.69 Å². The zero-order valence-electron chi connectivity index (χ0n) is 35.9. The fourth-order valence-electron chi connectivity index (χ4n) is 9.97. The molecular formula is C60H40N4OS. The lowest BCUT2D eigenvalue weighted by Gasteiger charge is -2.29. The molecule has 2 aliphatic rings. The van der Waals surface area contributed by atoms with Crippen LogP contribution in [0.4, 0.5) is 11.4 Å². The summed E-state index contributed by atoms with van der Waals surface area (Å²) in [5.41, 5.74) is 12.1. The number of hydrogen-bond donors (Lipinski definition) is 1. The summed E-state index contributed by atoms with van der Waals surface area (Å²) in [7, 11) is 0. The van der Waals surface area contributed by atoms with E-state index in [1.807, 2.05) is 18.2 Å². The van der Waals surface area contributed by atoms with Crippen molar-refractivity contribution in [3.63, 3.8) is 0 Å². The minimum Gasteiger partial charge on any atom is -0.454 e. The van der Waals surface area contributed by atoms with Crippen molar-refractivity contribution in [2.75, 3.05) is 5.32 Å². The quantitative estimate of drug-likeness (QED) is 0.173. The second kappa shape index (κ2) is 15.5. The molecular weight excluding hydrogens is 825 g/mol. The van der Waals surface area contributed by atoms with E-state index in [9.17, 15) is 0 Å². The van der Waals surface area contributed by atoms with E-state index in [0.717, 1.165) is 72.1 Å². The first kappa shape index (κ1) is 38.3. The topological polar surface area (TPSA) is 63.8 Å². The van der Waals surface area contributed by atoms with Crippen molar-refractivity contribution >= 4 is 81.2 Å². The van der Waals surface area contributed by atoms with E-state index in [1.54, 1.807) is 11.3 Å². The van der Waals surface area contributed by atoms with Crippen molar-refractivity contribution in [3.05, 3.63) is 217 Å². The molecule has 0 saturated heterocycles. The third-order valence-corrected chi connectivity index (χ3v) is 14.4. The van der Waals surface area contributed by atoms with Gasteiger partial charge in [-0.3, -0.25) is 0 Å². The highest BCUT2D eigenvalue weighted by Crippen LogP contribution is 2.45. The maximum Gasteiger partial charge on any atom is 0.164 e. The summed E-state index contributed by atoms with van der Waals surface area (Å²) in [6.45, 7) is 2.28. The van der Waals surface area contributed by atoms with Crippen LogP contribution in [0.25, 0.3) is 104 Å². The first-order valence-corrected chi connectivity index (χ1v) is 23.2. The zero-order valence-corrected chi connectivity index (χ0v) is 36.8. The lowest BCUT2D eigenvalue weighted by molar-refractivity contribution is 0.627. The first-order valence-electron chi connectivity index (χ1n) is 22.4. The smallest absolute Gasteiger partial charge is 0.164 e. The number of thiophene rings is 1. The van der Waals surface area contributed by atoms with Crippen molar-refractivity contribution in [3.8, 4) is 45.3 Å². The number of furan rings is 1. The summed E-state index contributed by atoms with van der Waals surface area (Å²) in [5, 5.41) is 10.6. The first-order chi connectivity index (χ1) is 32.6. The number of para-hydroxylation sites is 1.